The molecular formula is C22H25N5O3. The van der Waals surface area contributed by atoms with E-state index in [2.05, 4.69) is 10.2 Å². The first kappa shape index (κ1) is 21.1. The van der Waals surface area contributed by atoms with E-state index in [1.165, 1.54) is 0 Å². The van der Waals surface area contributed by atoms with Crippen LogP contribution in [-0.4, -0.2) is 52.3 Å². The van der Waals surface area contributed by atoms with Crippen LogP contribution in [0.2, 0.25) is 0 Å². The smallest absolute Gasteiger partial charge is 0.324 e. The molecule has 0 unspecified atom stereocenters. The Labute approximate surface area is 174 Å². The average molecular weight is 407 g/mol. The number of nitrogens with one attached hydrogen (secondary N) is 1. The molecule has 8 nitrogen and oxygen atoms in total. The number of aliphatic hydroxyl groups is 1. The number of nitrogens with zero attached hydrogens (tertiary/aromatic N) is 3. The third kappa shape index (κ3) is 5.03. The molecule has 1 heterocycles. The highest BCUT2D eigenvalue weighted by Crippen LogP contribution is 2.23. The zero-order chi connectivity index (χ0) is 21.5. The van der Waals surface area contributed by atoms with Gasteiger partial charge in [0.15, 0.2) is 0 Å². The number of benzene rings is 2. The second kappa shape index (κ2) is 9.71. The number of nitrogens with two attached hydrogens (primary N) is 1. The highest BCUT2D eigenvalue weighted by atomic mass is 16.3. The van der Waals surface area contributed by atoms with Gasteiger partial charge in [-0.25, -0.2) is 4.79 Å². The van der Waals surface area contributed by atoms with Crippen LogP contribution in [0.15, 0.2) is 60.9 Å². The summed E-state index contributed by atoms with van der Waals surface area (Å²) >= 11 is 0. The number of hydrogen-bond acceptors (Lipinski definition) is 4. The fourth-order valence-corrected chi connectivity index (χ4v) is 3.18. The van der Waals surface area contributed by atoms with Crippen LogP contribution in [0.25, 0.3) is 11.1 Å². The molecule has 0 saturated carbocycles. The van der Waals surface area contributed by atoms with Crippen LogP contribution in [0.1, 0.15) is 22.3 Å². The average Bonchev–Trinajstić information content (AvgIpc) is 3.29. The molecule has 0 aliphatic heterocycles. The normalized spacial score (nSPS) is 10.6. The van der Waals surface area contributed by atoms with Crippen LogP contribution in [0, 0.1) is 0 Å². The lowest BCUT2D eigenvalue weighted by atomic mass is 10.1. The fraction of sp³-hybridized carbons (Fsp3) is 0.227. The molecule has 0 aliphatic carbocycles. The monoisotopic (exact) mass is 407 g/mol. The number of rotatable bonds is 8. The quantitative estimate of drug-likeness (QED) is 0.532. The number of aliphatic hydroxyl groups excluding tert-OH is 1. The van der Waals surface area contributed by atoms with Crippen LogP contribution in [0.5, 0.6) is 0 Å². The van der Waals surface area contributed by atoms with Crippen molar-refractivity contribution in [2.24, 2.45) is 5.73 Å². The number of hydrogen-bond donors (Lipinski definition) is 3. The van der Waals surface area contributed by atoms with Crippen LogP contribution < -0.4 is 10.6 Å². The zero-order valence-corrected chi connectivity index (χ0v) is 16.8. The summed E-state index contributed by atoms with van der Waals surface area (Å²) in [5, 5.41) is 16.0. The lowest BCUT2D eigenvalue weighted by Crippen LogP contribution is -2.41. The van der Waals surface area contributed by atoms with Gasteiger partial charge in [0.05, 0.1) is 6.20 Å². The van der Waals surface area contributed by atoms with E-state index >= 15 is 0 Å². The Kier molecular flexibility index (Phi) is 6.82. The van der Waals surface area contributed by atoms with Crippen molar-refractivity contribution in [1.29, 1.82) is 0 Å². The summed E-state index contributed by atoms with van der Waals surface area (Å²) < 4.78 is 0. The maximum Gasteiger partial charge on any atom is 0.324 e. The van der Waals surface area contributed by atoms with E-state index in [-0.39, 0.29) is 12.6 Å². The van der Waals surface area contributed by atoms with Crippen molar-refractivity contribution in [1.82, 2.24) is 15.1 Å². The number of anilines is 1. The Morgan fingerprint density at radius 1 is 1.13 bits per heavy atom. The summed E-state index contributed by atoms with van der Waals surface area (Å²) in [5.41, 5.74) is 9.23. The molecule has 0 saturated heterocycles. The van der Waals surface area contributed by atoms with Crippen molar-refractivity contribution in [3.05, 3.63) is 72.1 Å². The molecule has 156 valence electrons. The topological polar surface area (TPSA) is 116 Å². The first-order valence-electron chi connectivity index (χ1n) is 9.61. The molecule has 2 aromatic carbocycles. The predicted molar refractivity (Wildman–Crippen MR) is 115 cm³/mol. The molecule has 3 amide bonds. The zero-order valence-electron chi connectivity index (χ0n) is 16.8. The summed E-state index contributed by atoms with van der Waals surface area (Å²) in [6.45, 7) is 0.690. The molecule has 4 N–H and O–H groups in total. The lowest BCUT2D eigenvalue weighted by Gasteiger charge is -2.28. The number of carbonyl (C=O) groups is 2. The Morgan fingerprint density at radius 3 is 2.53 bits per heavy atom. The summed E-state index contributed by atoms with van der Waals surface area (Å²) in [6.07, 6.45) is 4.00. The number of urea groups is 1. The molecular weight excluding hydrogens is 382 g/mol. The first-order chi connectivity index (χ1) is 14.5. The van der Waals surface area contributed by atoms with Crippen LogP contribution in [0.4, 0.5) is 10.5 Å². The Morgan fingerprint density at radius 2 is 1.90 bits per heavy atom. The van der Waals surface area contributed by atoms with Crippen molar-refractivity contribution >= 4 is 17.6 Å². The Hall–Kier alpha value is -3.65. The van der Waals surface area contributed by atoms with Crippen molar-refractivity contribution in [2.45, 2.75) is 13.0 Å². The van der Waals surface area contributed by atoms with Crippen molar-refractivity contribution in [3.8, 4) is 11.1 Å². The lowest BCUT2D eigenvalue weighted by molar-refractivity contribution is 0.1000. The number of aromatic amines is 1. The minimum atomic E-state index is -0.506. The molecule has 8 heteroatoms. The van der Waals surface area contributed by atoms with Gasteiger partial charge in [0.25, 0.3) is 0 Å². The molecule has 3 rings (SSSR count). The van der Waals surface area contributed by atoms with E-state index < -0.39 is 5.91 Å². The van der Waals surface area contributed by atoms with Crippen molar-refractivity contribution < 1.29 is 14.7 Å². The highest BCUT2D eigenvalue weighted by molar-refractivity contribution is 5.93. The molecule has 0 bridgehead atoms. The third-order valence-electron chi connectivity index (χ3n) is 4.74. The van der Waals surface area contributed by atoms with Crippen molar-refractivity contribution in [2.75, 3.05) is 25.1 Å². The molecule has 1 aromatic heterocycles. The molecule has 30 heavy (non-hydrogen) atoms. The second-order valence-corrected chi connectivity index (χ2v) is 6.97. The van der Waals surface area contributed by atoms with Crippen LogP contribution in [0.3, 0.4) is 0 Å². The Bertz CT molecular complexity index is 986. The summed E-state index contributed by atoms with van der Waals surface area (Å²) in [7, 11) is 1.70. The van der Waals surface area contributed by atoms with Crippen molar-refractivity contribution in [3.63, 3.8) is 0 Å². The van der Waals surface area contributed by atoms with E-state index in [4.69, 9.17) is 5.73 Å². The van der Waals surface area contributed by atoms with E-state index in [9.17, 15) is 14.7 Å². The SMILES string of the molecule is CN(Cc1cccc(C(N)=O)c1)C(=O)N(CCCO)c1ccc(-c2cn[nH]c2)cc1. The van der Waals surface area contributed by atoms with Gasteiger partial charge in [-0.3, -0.25) is 14.8 Å². The standard InChI is InChI=1S/C22H25N5O3/c1-26(15-16-4-2-5-18(12-16)21(23)29)22(30)27(10-3-11-28)20-8-6-17(7-9-20)19-13-24-25-14-19/h2,4-9,12-14,28H,3,10-11,15H2,1H3,(H2,23,29)(H,24,25). The minimum Gasteiger partial charge on any atom is -0.396 e. The second-order valence-electron chi connectivity index (χ2n) is 6.97. The van der Waals surface area contributed by atoms with Gasteiger partial charge in [-0.2, -0.15) is 5.10 Å². The van der Waals surface area contributed by atoms with Crippen LogP contribution >= 0.6 is 0 Å². The summed E-state index contributed by atoms with van der Waals surface area (Å²) in [6, 6.07) is 14.3. The molecule has 3 aromatic rings. The van der Waals surface area contributed by atoms with Gasteiger partial charge in [-0.15, -0.1) is 0 Å². The summed E-state index contributed by atoms with van der Waals surface area (Å²) in [5.74, 6) is -0.506. The van der Waals surface area contributed by atoms with Gasteiger partial charge in [0, 0.05) is 49.8 Å². The highest BCUT2D eigenvalue weighted by Gasteiger charge is 2.20. The number of aromatic nitrogens is 2. The van der Waals surface area contributed by atoms with Gasteiger partial charge in [0.2, 0.25) is 5.91 Å². The van der Waals surface area contributed by atoms with Gasteiger partial charge >= 0.3 is 6.03 Å². The van der Waals surface area contributed by atoms with E-state index in [0.717, 1.165) is 22.4 Å². The number of carbonyl (C=O) groups excluding carboxylic acids is 2. The third-order valence-corrected chi connectivity index (χ3v) is 4.74. The van der Waals surface area contributed by atoms with Gasteiger partial charge in [-0.05, 0) is 41.8 Å². The van der Waals surface area contributed by atoms with E-state index in [0.29, 0.717) is 25.1 Å². The first-order valence-corrected chi connectivity index (χ1v) is 9.61. The number of amides is 3. The summed E-state index contributed by atoms with van der Waals surface area (Å²) in [4.78, 5) is 27.8. The molecule has 0 aliphatic rings. The maximum atomic E-state index is 13.1. The Balaban J connectivity index is 1.77. The number of primary amides is 1. The van der Waals surface area contributed by atoms with Gasteiger partial charge < -0.3 is 15.7 Å². The molecule has 0 atom stereocenters. The van der Waals surface area contributed by atoms with E-state index in [1.807, 2.05) is 30.3 Å². The van der Waals surface area contributed by atoms with E-state index in [1.54, 1.807) is 47.4 Å². The van der Waals surface area contributed by atoms with Gasteiger partial charge in [0.1, 0.15) is 0 Å². The number of H-pyrrole nitrogens is 1. The van der Waals surface area contributed by atoms with Crippen LogP contribution in [-0.2, 0) is 6.54 Å². The largest absolute Gasteiger partial charge is 0.396 e. The molecule has 0 spiro atoms. The molecule has 0 radical (unpaired) electrons. The maximum absolute atomic E-state index is 13.1. The van der Waals surface area contributed by atoms with Gasteiger partial charge in [-0.1, -0.05) is 24.3 Å². The minimum absolute atomic E-state index is 0.0126. The molecule has 0 fully saturated rings. The predicted octanol–water partition coefficient (Wildman–Crippen LogP) is 2.62. The fourth-order valence-electron chi connectivity index (χ4n) is 3.18.